The van der Waals surface area contributed by atoms with Crippen molar-refractivity contribution in [1.82, 2.24) is 0 Å². The molecule has 116 valence electrons. The van der Waals surface area contributed by atoms with E-state index in [1.807, 2.05) is 13.8 Å². The van der Waals surface area contributed by atoms with Crippen LogP contribution in [0.5, 0.6) is 0 Å². The van der Waals surface area contributed by atoms with Gasteiger partial charge in [-0.15, -0.1) is 0 Å². The molecule has 21 heavy (non-hydrogen) atoms. The van der Waals surface area contributed by atoms with Crippen molar-refractivity contribution in [3.63, 3.8) is 0 Å². The second-order valence-electron chi connectivity index (χ2n) is 5.02. The fourth-order valence-electron chi connectivity index (χ4n) is 2.40. The van der Waals surface area contributed by atoms with Crippen LogP contribution in [0.4, 0.5) is 10.1 Å². The Labute approximate surface area is 135 Å². The number of nitrogens with one attached hydrogen (secondary N) is 1. The van der Waals surface area contributed by atoms with Crippen LogP contribution in [0.3, 0.4) is 0 Å². The van der Waals surface area contributed by atoms with Crippen LogP contribution in [0.15, 0.2) is 18.2 Å². The van der Waals surface area contributed by atoms with E-state index in [9.17, 15) is 9.18 Å². The minimum absolute atomic E-state index is 0.0808. The molecule has 0 aromatic heterocycles. The standard InChI is InChI=1S/C15H20ClFN2OS/c1-3-7-15(8-4-2,13(18)21)14(20)19-12-6-5-10(16)9-11(12)17/h5-6,9H,3-4,7-8H2,1-2H3,(H2,18,21)(H,19,20). The van der Waals surface area contributed by atoms with Crippen molar-refractivity contribution in [3.05, 3.63) is 29.0 Å². The molecule has 1 aromatic carbocycles. The van der Waals surface area contributed by atoms with Crippen LogP contribution < -0.4 is 11.1 Å². The molecule has 0 bridgehead atoms. The molecule has 3 nitrogen and oxygen atoms in total. The number of rotatable bonds is 7. The van der Waals surface area contributed by atoms with Crippen molar-refractivity contribution in [3.8, 4) is 0 Å². The summed E-state index contributed by atoms with van der Waals surface area (Å²) in [5.41, 5.74) is 4.96. The summed E-state index contributed by atoms with van der Waals surface area (Å²) in [6.45, 7) is 3.91. The molecule has 0 radical (unpaired) electrons. The molecule has 1 rings (SSSR count). The van der Waals surface area contributed by atoms with Gasteiger partial charge in [0.1, 0.15) is 5.82 Å². The molecular formula is C15H20ClFN2OS. The Hall–Kier alpha value is -1.20. The molecule has 0 heterocycles. The van der Waals surface area contributed by atoms with Gasteiger partial charge in [-0.3, -0.25) is 4.79 Å². The Kier molecular flexibility index (Phi) is 6.55. The van der Waals surface area contributed by atoms with Crippen LogP contribution >= 0.6 is 23.8 Å². The number of hydrogen-bond donors (Lipinski definition) is 2. The highest BCUT2D eigenvalue weighted by Crippen LogP contribution is 2.33. The van der Waals surface area contributed by atoms with Gasteiger partial charge in [0.25, 0.3) is 0 Å². The van der Waals surface area contributed by atoms with Gasteiger partial charge in [0.2, 0.25) is 5.91 Å². The number of benzene rings is 1. The van der Waals surface area contributed by atoms with Crippen molar-refractivity contribution in [2.75, 3.05) is 5.32 Å². The summed E-state index contributed by atoms with van der Waals surface area (Å²) in [6.07, 6.45) is 2.59. The highest BCUT2D eigenvalue weighted by Gasteiger charge is 2.40. The molecule has 0 atom stereocenters. The second kappa shape index (κ2) is 7.71. The van der Waals surface area contributed by atoms with E-state index < -0.39 is 11.2 Å². The van der Waals surface area contributed by atoms with Crippen LogP contribution in [-0.2, 0) is 4.79 Å². The van der Waals surface area contributed by atoms with Gasteiger partial charge in [-0.2, -0.15) is 0 Å². The molecule has 0 aliphatic heterocycles. The summed E-state index contributed by atoms with van der Waals surface area (Å²) < 4.78 is 13.8. The number of anilines is 1. The number of halogens is 2. The van der Waals surface area contributed by atoms with Crippen molar-refractivity contribution >= 4 is 40.4 Å². The Bertz CT molecular complexity index is 530. The Morgan fingerprint density at radius 2 is 1.95 bits per heavy atom. The number of amides is 1. The molecular weight excluding hydrogens is 311 g/mol. The summed E-state index contributed by atoms with van der Waals surface area (Å²) in [5, 5.41) is 2.86. The van der Waals surface area contributed by atoms with Gasteiger partial charge in [-0.1, -0.05) is 50.5 Å². The first-order valence-electron chi connectivity index (χ1n) is 6.93. The molecule has 0 unspecified atom stereocenters. The zero-order valence-corrected chi connectivity index (χ0v) is 13.8. The molecule has 1 amide bonds. The summed E-state index contributed by atoms with van der Waals surface area (Å²) in [4.78, 5) is 12.8. The number of hydrogen-bond acceptors (Lipinski definition) is 2. The highest BCUT2D eigenvalue weighted by molar-refractivity contribution is 7.80. The zero-order valence-electron chi connectivity index (χ0n) is 12.2. The van der Waals surface area contributed by atoms with E-state index in [1.165, 1.54) is 12.1 Å². The molecule has 0 fully saturated rings. The number of nitrogens with two attached hydrogens (primary N) is 1. The van der Waals surface area contributed by atoms with Crippen LogP contribution in [-0.4, -0.2) is 10.9 Å². The average molecular weight is 331 g/mol. The number of carbonyl (C=O) groups excluding carboxylic acids is 1. The normalized spacial score (nSPS) is 11.2. The lowest BCUT2D eigenvalue weighted by Gasteiger charge is -2.31. The minimum atomic E-state index is -0.940. The van der Waals surface area contributed by atoms with Crippen molar-refractivity contribution < 1.29 is 9.18 Å². The second-order valence-corrected chi connectivity index (χ2v) is 5.90. The third-order valence-electron chi connectivity index (χ3n) is 3.44. The van der Waals surface area contributed by atoms with Crippen molar-refractivity contribution in [2.24, 2.45) is 11.1 Å². The van der Waals surface area contributed by atoms with Gasteiger partial charge >= 0.3 is 0 Å². The predicted octanol–water partition coefficient (Wildman–Crippen LogP) is 4.29. The number of thiocarbonyl (C=S) groups is 1. The maximum atomic E-state index is 13.8. The first kappa shape index (κ1) is 17.9. The Morgan fingerprint density at radius 3 is 2.38 bits per heavy atom. The van der Waals surface area contributed by atoms with E-state index in [0.29, 0.717) is 12.8 Å². The summed E-state index contributed by atoms with van der Waals surface area (Å²) >= 11 is 10.8. The highest BCUT2D eigenvalue weighted by atomic mass is 35.5. The van der Waals surface area contributed by atoms with Gasteiger partial charge in [0, 0.05) is 5.02 Å². The smallest absolute Gasteiger partial charge is 0.237 e. The molecule has 0 aliphatic carbocycles. The molecule has 0 aliphatic rings. The predicted molar refractivity (Wildman–Crippen MR) is 89.1 cm³/mol. The molecule has 6 heteroatoms. The van der Waals surface area contributed by atoms with Crippen molar-refractivity contribution in [1.29, 1.82) is 0 Å². The monoisotopic (exact) mass is 330 g/mol. The van der Waals surface area contributed by atoms with Gasteiger partial charge in [0.15, 0.2) is 0 Å². The van der Waals surface area contributed by atoms with E-state index in [0.717, 1.165) is 18.9 Å². The molecule has 1 aromatic rings. The fraction of sp³-hybridized carbons (Fsp3) is 0.467. The van der Waals surface area contributed by atoms with Gasteiger partial charge in [-0.05, 0) is 31.0 Å². The lowest BCUT2D eigenvalue weighted by molar-refractivity contribution is -0.122. The summed E-state index contributed by atoms with van der Waals surface area (Å²) in [6, 6.07) is 4.10. The van der Waals surface area contributed by atoms with Crippen LogP contribution in [0.1, 0.15) is 39.5 Å². The van der Waals surface area contributed by atoms with E-state index in [4.69, 9.17) is 29.6 Å². The van der Waals surface area contributed by atoms with Gasteiger partial charge in [-0.25, -0.2) is 4.39 Å². The first-order valence-corrected chi connectivity index (χ1v) is 7.72. The van der Waals surface area contributed by atoms with Gasteiger partial charge in [0.05, 0.1) is 16.1 Å². The topological polar surface area (TPSA) is 55.1 Å². The first-order chi connectivity index (χ1) is 9.87. The molecule has 0 saturated carbocycles. The Morgan fingerprint density at radius 1 is 1.38 bits per heavy atom. The maximum absolute atomic E-state index is 13.8. The van der Waals surface area contributed by atoms with E-state index in [2.05, 4.69) is 5.32 Å². The SMILES string of the molecule is CCCC(CCC)(C(=O)Nc1ccc(Cl)cc1F)C(N)=S. The Balaban J connectivity index is 3.08. The minimum Gasteiger partial charge on any atom is -0.392 e. The average Bonchev–Trinajstić information content (AvgIpc) is 2.41. The lowest BCUT2D eigenvalue weighted by Crippen LogP contribution is -2.46. The molecule has 0 spiro atoms. The zero-order chi connectivity index (χ0) is 16.0. The summed E-state index contributed by atoms with van der Waals surface area (Å²) in [5.74, 6) is -0.944. The molecule has 3 N–H and O–H groups in total. The van der Waals surface area contributed by atoms with Crippen LogP contribution in [0.25, 0.3) is 0 Å². The maximum Gasteiger partial charge on any atom is 0.237 e. The largest absolute Gasteiger partial charge is 0.392 e. The third-order valence-corrected chi connectivity index (χ3v) is 4.07. The number of carbonyl (C=O) groups is 1. The van der Waals surface area contributed by atoms with Crippen LogP contribution in [0.2, 0.25) is 5.02 Å². The fourth-order valence-corrected chi connectivity index (χ4v) is 2.85. The van der Waals surface area contributed by atoms with E-state index >= 15 is 0 Å². The quantitative estimate of drug-likeness (QED) is 0.733. The van der Waals surface area contributed by atoms with Gasteiger partial charge < -0.3 is 11.1 Å². The van der Waals surface area contributed by atoms with Crippen molar-refractivity contribution in [2.45, 2.75) is 39.5 Å². The van der Waals surface area contributed by atoms with Crippen LogP contribution in [0, 0.1) is 11.2 Å². The molecule has 0 saturated heterocycles. The lowest BCUT2D eigenvalue weighted by atomic mass is 9.78. The third kappa shape index (κ3) is 4.14. The van der Waals surface area contributed by atoms with E-state index in [1.54, 1.807) is 0 Å². The summed E-state index contributed by atoms with van der Waals surface area (Å²) in [7, 11) is 0. The van der Waals surface area contributed by atoms with E-state index in [-0.39, 0.29) is 21.6 Å².